The number of nitrogens with two attached hydrogens (primary N) is 1. The van der Waals surface area contributed by atoms with E-state index in [0.717, 1.165) is 5.56 Å². The molecule has 0 bridgehead atoms. The topological polar surface area (TPSA) is 133 Å². The zero-order valence-corrected chi connectivity index (χ0v) is 17.7. The minimum Gasteiger partial charge on any atom is -0.480 e. The second kappa shape index (κ2) is 9.91. The number of hydrogen-bond donors (Lipinski definition) is 3. The van der Waals surface area contributed by atoms with Gasteiger partial charge in [0.2, 0.25) is 17.7 Å². The number of carboxylic acid groups (broad SMARTS) is 1. The van der Waals surface area contributed by atoms with E-state index in [1.807, 2.05) is 30.3 Å². The van der Waals surface area contributed by atoms with Crippen molar-refractivity contribution in [2.24, 2.45) is 5.73 Å². The fraction of sp³-hybridized carbons (Fsp3) is 0.545. The number of hydrogen-bond acceptors (Lipinski definition) is 5. The van der Waals surface area contributed by atoms with Crippen molar-refractivity contribution >= 4 is 23.7 Å². The average Bonchev–Trinajstić information content (AvgIpc) is 3.43. The van der Waals surface area contributed by atoms with E-state index in [9.17, 15) is 24.3 Å². The Balaban J connectivity index is 1.59. The number of carbonyl (C=O) groups excluding carboxylic acids is 3. The Morgan fingerprint density at radius 2 is 1.61 bits per heavy atom. The van der Waals surface area contributed by atoms with Crippen molar-refractivity contribution in [1.29, 1.82) is 0 Å². The Bertz CT molecular complexity index is 830. The largest absolute Gasteiger partial charge is 0.480 e. The van der Waals surface area contributed by atoms with Crippen LogP contribution >= 0.6 is 0 Å². The molecule has 4 atom stereocenters. The number of likely N-dealkylation sites (tertiary alicyclic amines) is 2. The Hall–Kier alpha value is -2.94. The Labute approximate surface area is 181 Å². The predicted molar refractivity (Wildman–Crippen MR) is 113 cm³/mol. The Kier molecular flexibility index (Phi) is 7.27. The van der Waals surface area contributed by atoms with Gasteiger partial charge in [0.15, 0.2) is 0 Å². The molecule has 2 aliphatic heterocycles. The highest BCUT2D eigenvalue weighted by Gasteiger charge is 2.39. The van der Waals surface area contributed by atoms with E-state index >= 15 is 0 Å². The second-order valence-electron chi connectivity index (χ2n) is 8.24. The van der Waals surface area contributed by atoms with Crippen molar-refractivity contribution in [2.75, 3.05) is 13.1 Å². The summed E-state index contributed by atoms with van der Waals surface area (Å²) in [4.78, 5) is 52.6. The summed E-state index contributed by atoms with van der Waals surface area (Å²) in [5, 5.41) is 12.0. The van der Waals surface area contributed by atoms with E-state index in [4.69, 9.17) is 5.73 Å². The lowest BCUT2D eigenvalue weighted by Gasteiger charge is -2.29. The molecule has 2 fully saturated rings. The van der Waals surface area contributed by atoms with Gasteiger partial charge in [0.05, 0.1) is 6.04 Å². The molecule has 168 valence electrons. The van der Waals surface area contributed by atoms with Gasteiger partial charge in [-0.15, -0.1) is 0 Å². The summed E-state index contributed by atoms with van der Waals surface area (Å²) in [5.41, 5.74) is 7.07. The maximum Gasteiger partial charge on any atom is 0.326 e. The highest BCUT2D eigenvalue weighted by Crippen LogP contribution is 2.21. The molecule has 9 heteroatoms. The quantitative estimate of drug-likeness (QED) is 0.563. The van der Waals surface area contributed by atoms with Gasteiger partial charge in [-0.25, -0.2) is 4.79 Å². The van der Waals surface area contributed by atoms with Gasteiger partial charge in [0.1, 0.15) is 18.1 Å². The van der Waals surface area contributed by atoms with E-state index in [0.29, 0.717) is 45.2 Å². The Morgan fingerprint density at radius 3 is 2.23 bits per heavy atom. The minimum atomic E-state index is -1.04. The van der Waals surface area contributed by atoms with Crippen LogP contribution < -0.4 is 11.1 Å². The lowest BCUT2D eigenvalue weighted by molar-refractivity contribution is -0.149. The van der Waals surface area contributed by atoms with Gasteiger partial charge in [-0.3, -0.25) is 14.4 Å². The van der Waals surface area contributed by atoms with E-state index < -0.39 is 42.0 Å². The summed E-state index contributed by atoms with van der Waals surface area (Å²) < 4.78 is 0. The number of nitrogens with one attached hydrogen (secondary N) is 1. The molecule has 1 aromatic rings. The van der Waals surface area contributed by atoms with Crippen LogP contribution in [0.3, 0.4) is 0 Å². The summed E-state index contributed by atoms with van der Waals surface area (Å²) >= 11 is 0. The monoisotopic (exact) mass is 430 g/mol. The standard InChI is InChI=1S/C22H30N4O5/c1-14(20(28)26-12-6-10-18(26)22(30)31)24-19(27)17-9-5-11-25(17)21(29)16(23)13-15-7-3-2-4-8-15/h2-4,7-8,14,16-18H,5-6,9-13,23H2,1H3,(H,24,27)(H,30,31). The van der Waals surface area contributed by atoms with Crippen LogP contribution in [0.1, 0.15) is 38.2 Å². The molecule has 2 aliphatic rings. The van der Waals surface area contributed by atoms with E-state index in [1.165, 1.54) is 9.80 Å². The first-order valence-electron chi connectivity index (χ1n) is 10.7. The van der Waals surface area contributed by atoms with Crippen LogP contribution in [0.2, 0.25) is 0 Å². The number of benzene rings is 1. The number of aliphatic carboxylic acids is 1. The normalized spacial score (nSPS) is 22.8. The number of rotatable bonds is 7. The molecule has 3 rings (SSSR count). The third-order valence-corrected chi connectivity index (χ3v) is 6.00. The zero-order valence-electron chi connectivity index (χ0n) is 17.7. The van der Waals surface area contributed by atoms with Crippen molar-refractivity contribution in [1.82, 2.24) is 15.1 Å². The van der Waals surface area contributed by atoms with Gasteiger partial charge < -0.3 is 26.0 Å². The van der Waals surface area contributed by atoms with Crippen LogP contribution in [0.5, 0.6) is 0 Å². The predicted octanol–water partition coefficient (Wildman–Crippen LogP) is 0.128. The molecule has 0 aromatic heterocycles. The van der Waals surface area contributed by atoms with Crippen LogP contribution in [0.25, 0.3) is 0 Å². The van der Waals surface area contributed by atoms with Gasteiger partial charge in [-0.1, -0.05) is 30.3 Å². The van der Waals surface area contributed by atoms with Gasteiger partial charge >= 0.3 is 5.97 Å². The van der Waals surface area contributed by atoms with E-state index in [2.05, 4.69) is 5.32 Å². The number of amides is 3. The molecule has 1 aromatic carbocycles. The number of carboxylic acids is 1. The third-order valence-electron chi connectivity index (χ3n) is 6.00. The van der Waals surface area contributed by atoms with Gasteiger partial charge in [-0.05, 0) is 44.6 Å². The van der Waals surface area contributed by atoms with Gasteiger partial charge in [0, 0.05) is 13.1 Å². The molecular weight excluding hydrogens is 400 g/mol. The highest BCUT2D eigenvalue weighted by atomic mass is 16.4. The molecule has 2 heterocycles. The first-order chi connectivity index (χ1) is 14.8. The van der Waals surface area contributed by atoms with Crippen molar-refractivity contribution < 1.29 is 24.3 Å². The van der Waals surface area contributed by atoms with Crippen LogP contribution in [-0.4, -0.2) is 75.9 Å². The Morgan fingerprint density at radius 1 is 1.03 bits per heavy atom. The van der Waals surface area contributed by atoms with Gasteiger partial charge in [0.25, 0.3) is 0 Å². The molecule has 9 nitrogen and oxygen atoms in total. The second-order valence-corrected chi connectivity index (χ2v) is 8.24. The molecule has 4 unspecified atom stereocenters. The van der Waals surface area contributed by atoms with Crippen molar-refractivity contribution in [3.63, 3.8) is 0 Å². The minimum absolute atomic E-state index is 0.286. The molecular formula is C22H30N4O5. The fourth-order valence-corrected chi connectivity index (χ4v) is 4.38. The number of carbonyl (C=O) groups is 4. The van der Waals surface area contributed by atoms with Crippen molar-refractivity contribution in [3.8, 4) is 0 Å². The van der Waals surface area contributed by atoms with Crippen molar-refractivity contribution in [3.05, 3.63) is 35.9 Å². The lowest BCUT2D eigenvalue weighted by atomic mass is 10.1. The van der Waals surface area contributed by atoms with Crippen molar-refractivity contribution in [2.45, 2.75) is 63.2 Å². The highest BCUT2D eigenvalue weighted by molar-refractivity contribution is 5.94. The SMILES string of the molecule is CC(NC(=O)C1CCCN1C(=O)C(N)Cc1ccccc1)C(=O)N1CCCC1C(=O)O. The third kappa shape index (κ3) is 5.22. The van der Waals surface area contributed by atoms with E-state index in [-0.39, 0.29) is 5.91 Å². The summed E-state index contributed by atoms with van der Waals surface area (Å²) in [7, 11) is 0. The molecule has 31 heavy (non-hydrogen) atoms. The maximum atomic E-state index is 12.9. The number of nitrogens with zero attached hydrogens (tertiary/aromatic N) is 2. The van der Waals surface area contributed by atoms with Crippen LogP contribution in [-0.2, 0) is 25.6 Å². The lowest BCUT2D eigenvalue weighted by Crippen LogP contribution is -2.56. The van der Waals surface area contributed by atoms with Crippen LogP contribution in [0, 0.1) is 0 Å². The first-order valence-corrected chi connectivity index (χ1v) is 10.7. The zero-order chi connectivity index (χ0) is 22.5. The van der Waals surface area contributed by atoms with E-state index in [1.54, 1.807) is 6.92 Å². The molecule has 0 radical (unpaired) electrons. The summed E-state index contributed by atoms with van der Waals surface area (Å²) in [6.07, 6.45) is 2.58. The van der Waals surface area contributed by atoms with Crippen LogP contribution in [0.4, 0.5) is 0 Å². The molecule has 0 saturated carbocycles. The molecule has 2 saturated heterocycles. The smallest absolute Gasteiger partial charge is 0.326 e. The maximum absolute atomic E-state index is 12.9. The summed E-state index contributed by atoms with van der Waals surface area (Å²) in [6, 6.07) is 6.29. The molecule has 0 spiro atoms. The fourth-order valence-electron chi connectivity index (χ4n) is 4.38. The average molecular weight is 431 g/mol. The van der Waals surface area contributed by atoms with Crippen LogP contribution in [0.15, 0.2) is 30.3 Å². The first kappa shape index (κ1) is 22.7. The molecule has 3 amide bonds. The summed E-state index contributed by atoms with van der Waals surface area (Å²) in [6.45, 7) is 2.34. The molecule has 4 N–H and O–H groups in total. The summed E-state index contributed by atoms with van der Waals surface area (Å²) in [5.74, 6) is -2.16. The molecule has 0 aliphatic carbocycles. The van der Waals surface area contributed by atoms with Gasteiger partial charge in [-0.2, -0.15) is 0 Å².